The standard InChI is InChI=1S/C13H16ClN3O/c1-4-11-16-12(14)8(2)13(17-11)15-9(3)10-6-5-7-18-10/h5-7,9H,4H2,1-3H3,(H,15,16,17). The molecular weight excluding hydrogens is 250 g/mol. The summed E-state index contributed by atoms with van der Waals surface area (Å²) in [5.41, 5.74) is 0.854. The van der Waals surface area contributed by atoms with Crippen LogP contribution in [0.25, 0.3) is 0 Å². The van der Waals surface area contributed by atoms with Crippen molar-refractivity contribution in [1.82, 2.24) is 9.97 Å². The maximum absolute atomic E-state index is 6.09. The average Bonchev–Trinajstić information content (AvgIpc) is 2.88. The van der Waals surface area contributed by atoms with Crippen LogP contribution in [0.1, 0.15) is 37.0 Å². The number of rotatable bonds is 4. The highest BCUT2D eigenvalue weighted by Crippen LogP contribution is 2.24. The van der Waals surface area contributed by atoms with E-state index in [1.54, 1.807) is 6.26 Å². The molecule has 5 heteroatoms. The van der Waals surface area contributed by atoms with E-state index in [-0.39, 0.29) is 6.04 Å². The predicted molar refractivity (Wildman–Crippen MR) is 71.9 cm³/mol. The van der Waals surface area contributed by atoms with E-state index in [4.69, 9.17) is 16.0 Å². The molecule has 0 aromatic carbocycles. The number of halogens is 1. The summed E-state index contributed by atoms with van der Waals surface area (Å²) in [7, 11) is 0. The minimum absolute atomic E-state index is 0.0365. The molecule has 0 saturated heterocycles. The second-order valence-electron chi connectivity index (χ2n) is 4.14. The summed E-state index contributed by atoms with van der Waals surface area (Å²) >= 11 is 6.09. The fourth-order valence-electron chi connectivity index (χ4n) is 1.65. The van der Waals surface area contributed by atoms with Crippen LogP contribution in [-0.4, -0.2) is 9.97 Å². The van der Waals surface area contributed by atoms with E-state index in [0.717, 1.165) is 29.4 Å². The van der Waals surface area contributed by atoms with Crippen molar-refractivity contribution in [2.75, 3.05) is 5.32 Å². The van der Waals surface area contributed by atoms with Crippen LogP contribution in [0.3, 0.4) is 0 Å². The van der Waals surface area contributed by atoms with Gasteiger partial charge in [-0.15, -0.1) is 0 Å². The van der Waals surface area contributed by atoms with Gasteiger partial charge in [0.05, 0.1) is 12.3 Å². The van der Waals surface area contributed by atoms with Crippen molar-refractivity contribution in [3.63, 3.8) is 0 Å². The Morgan fingerprint density at radius 1 is 1.44 bits per heavy atom. The molecule has 0 saturated carbocycles. The molecule has 0 bridgehead atoms. The maximum atomic E-state index is 6.09. The molecule has 96 valence electrons. The van der Waals surface area contributed by atoms with Crippen LogP contribution in [0, 0.1) is 6.92 Å². The fraction of sp³-hybridized carbons (Fsp3) is 0.385. The number of aryl methyl sites for hydroxylation is 1. The first kappa shape index (κ1) is 12.9. The van der Waals surface area contributed by atoms with Gasteiger partial charge in [0, 0.05) is 12.0 Å². The van der Waals surface area contributed by atoms with Crippen LogP contribution < -0.4 is 5.32 Å². The molecule has 4 nitrogen and oxygen atoms in total. The van der Waals surface area contributed by atoms with Gasteiger partial charge in [-0.3, -0.25) is 0 Å². The molecule has 1 unspecified atom stereocenters. The lowest BCUT2D eigenvalue weighted by atomic mass is 10.2. The Morgan fingerprint density at radius 3 is 2.83 bits per heavy atom. The number of nitrogens with one attached hydrogen (secondary N) is 1. The number of hydrogen-bond acceptors (Lipinski definition) is 4. The van der Waals surface area contributed by atoms with Crippen LogP contribution in [-0.2, 0) is 6.42 Å². The molecule has 2 heterocycles. The number of nitrogens with zero attached hydrogens (tertiary/aromatic N) is 2. The summed E-state index contributed by atoms with van der Waals surface area (Å²) < 4.78 is 5.36. The van der Waals surface area contributed by atoms with E-state index in [0.29, 0.717) is 5.15 Å². The Morgan fingerprint density at radius 2 is 2.22 bits per heavy atom. The van der Waals surface area contributed by atoms with E-state index >= 15 is 0 Å². The van der Waals surface area contributed by atoms with Crippen molar-refractivity contribution < 1.29 is 4.42 Å². The zero-order chi connectivity index (χ0) is 13.1. The summed E-state index contributed by atoms with van der Waals surface area (Å²) in [6, 6.07) is 3.83. The summed E-state index contributed by atoms with van der Waals surface area (Å²) in [6.07, 6.45) is 2.41. The van der Waals surface area contributed by atoms with Gasteiger partial charge < -0.3 is 9.73 Å². The van der Waals surface area contributed by atoms with Crippen LogP contribution in [0.2, 0.25) is 5.15 Å². The SMILES string of the molecule is CCc1nc(Cl)c(C)c(NC(C)c2ccco2)n1. The van der Waals surface area contributed by atoms with Gasteiger partial charge in [-0.05, 0) is 26.0 Å². The molecule has 1 atom stereocenters. The zero-order valence-electron chi connectivity index (χ0n) is 10.7. The van der Waals surface area contributed by atoms with Crippen LogP contribution in [0.5, 0.6) is 0 Å². The predicted octanol–water partition coefficient (Wildman–Crippen LogP) is 3.77. The number of aromatic nitrogens is 2. The van der Waals surface area contributed by atoms with Gasteiger partial charge in [0.2, 0.25) is 0 Å². The molecule has 0 spiro atoms. The first-order valence-electron chi connectivity index (χ1n) is 5.94. The summed E-state index contributed by atoms with van der Waals surface area (Å²) in [6.45, 7) is 5.92. The van der Waals surface area contributed by atoms with Crippen molar-refractivity contribution in [2.24, 2.45) is 0 Å². The molecule has 0 radical (unpaired) electrons. The van der Waals surface area contributed by atoms with Gasteiger partial charge in [-0.2, -0.15) is 0 Å². The van der Waals surface area contributed by atoms with Crippen LogP contribution in [0.4, 0.5) is 5.82 Å². The summed E-state index contributed by atoms with van der Waals surface area (Å²) in [4.78, 5) is 8.67. The highest BCUT2D eigenvalue weighted by Gasteiger charge is 2.13. The van der Waals surface area contributed by atoms with E-state index in [9.17, 15) is 0 Å². The number of anilines is 1. The highest BCUT2D eigenvalue weighted by molar-refractivity contribution is 6.30. The normalized spacial score (nSPS) is 12.4. The largest absolute Gasteiger partial charge is 0.467 e. The molecule has 1 N–H and O–H groups in total. The molecule has 0 aliphatic carbocycles. The van der Waals surface area contributed by atoms with Crippen LogP contribution in [0.15, 0.2) is 22.8 Å². The first-order chi connectivity index (χ1) is 8.61. The van der Waals surface area contributed by atoms with Crippen molar-refractivity contribution in [3.05, 3.63) is 40.7 Å². The fourth-order valence-corrected chi connectivity index (χ4v) is 1.83. The van der Waals surface area contributed by atoms with E-state index in [1.165, 1.54) is 0 Å². The molecular formula is C13H16ClN3O. The lowest BCUT2D eigenvalue weighted by Crippen LogP contribution is -2.10. The van der Waals surface area contributed by atoms with Gasteiger partial charge in [0.1, 0.15) is 22.6 Å². The minimum atomic E-state index is 0.0365. The molecule has 0 fully saturated rings. The molecule has 0 amide bonds. The maximum Gasteiger partial charge on any atom is 0.137 e. The lowest BCUT2D eigenvalue weighted by Gasteiger charge is -2.15. The molecule has 0 aliphatic rings. The molecule has 18 heavy (non-hydrogen) atoms. The summed E-state index contributed by atoms with van der Waals surface area (Å²) in [5, 5.41) is 3.80. The highest BCUT2D eigenvalue weighted by atomic mass is 35.5. The Bertz CT molecular complexity index is 525. The van der Waals surface area contributed by atoms with Gasteiger partial charge in [-0.1, -0.05) is 18.5 Å². The Labute approximate surface area is 111 Å². The van der Waals surface area contributed by atoms with E-state index in [1.807, 2.05) is 32.9 Å². The van der Waals surface area contributed by atoms with Crippen molar-refractivity contribution in [3.8, 4) is 0 Å². The van der Waals surface area contributed by atoms with Gasteiger partial charge in [0.15, 0.2) is 0 Å². The Balaban J connectivity index is 2.25. The lowest BCUT2D eigenvalue weighted by molar-refractivity contribution is 0.490. The Hall–Kier alpha value is -1.55. The average molecular weight is 266 g/mol. The third-order valence-corrected chi connectivity index (χ3v) is 3.14. The van der Waals surface area contributed by atoms with E-state index in [2.05, 4.69) is 15.3 Å². The topological polar surface area (TPSA) is 51.0 Å². The first-order valence-corrected chi connectivity index (χ1v) is 6.32. The van der Waals surface area contributed by atoms with Gasteiger partial charge in [-0.25, -0.2) is 9.97 Å². The monoisotopic (exact) mass is 265 g/mol. The van der Waals surface area contributed by atoms with Gasteiger partial charge >= 0.3 is 0 Å². The van der Waals surface area contributed by atoms with Gasteiger partial charge in [0.25, 0.3) is 0 Å². The smallest absolute Gasteiger partial charge is 0.137 e. The van der Waals surface area contributed by atoms with Crippen molar-refractivity contribution >= 4 is 17.4 Å². The second-order valence-corrected chi connectivity index (χ2v) is 4.50. The van der Waals surface area contributed by atoms with Crippen LogP contribution >= 0.6 is 11.6 Å². The molecule has 2 rings (SSSR count). The quantitative estimate of drug-likeness (QED) is 0.855. The third kappa shape index (κ3) is 2.64. The minimum Gasteiger partial charge on any atom is -0.467 e. The number of hydrogen-bond donors (Lipinski definition) is 1. The third-order valence-electron chi connectivity index (χ3n) is 2.77. The number of furan rings is 1. The summed E-state index contributed by atoms with van der Waals surface area (Å²) in [5.74, 6) is 2.36. The molecule has 0 aliphatic heterocycles. The Kier molecular flexibility index (Phi) is 3.87. The molecule has 2 aromatic heterocycles. The zero-order valence-corrected chi connectivity index (χ0v) is 11.5. The van der Waals surface area contributed by atoms with Crippen molar-refractivity contribution in [2.45, 2.75) is 33.2 Å². The molecule has 2 aromatic rings. The van der Waals surface area contributed by atoms with E-state index < -0.39 is 0 Å². The second kappa shape index (κ2) is 5.40. The van der Waals surface area contributed by atoms with Crippen molar-refractivity contribution in [1.29, 1.82) is 0 Å².